The number of hydrogen-bond acceptors (Lipinski definition) is 5. The third-order valence-corrected chi connectivity index (χ3v) is 2.61. The van der Waals surface area contributed by atoms with E-state index in [-0.39, 0.29) is 16.8 Å². The maximum absolute atomic E-state index is 10.8. The van der Waals surface area contributed by atoms with Gasteiger partial charge in [0.15, 0.2) is 0 Å². The first-order valence-corrected chi connectivity index (χ1v) is 4.59. The maximum Gasteiger partial charge on any atom is 0.304 e. The van der Waals surface area contributed by atoms with Crippen molar-refractivity contribution < 1.29 is 20.2 Å². The molecule has 0 saturated heterocycles. The summed E-state index contributed by atoms with van der Waals surface area (Å²) in [5, 5.41) is 38.1. The highest BCUT2D eigenvalue weighted by Gasteiger charge is 2.30. The van der Waals surface area contributed by atoms with Crippen molar-refractivity contribution >= 4 is 5.69 Å². The zero-order valence-electron chi connectivity index (χ0n) is 9.18. The summed E-state index contributed by atoms with van der Waals surface area (Å²) in [7, 11) is 0. The first-order valence-electron chi connectivity index (χ1n) is 4.59. The second-order valence-electron chi connectivity index (χ2n) is 3.73. The zero-order chi connectivity index (χ0) is 12.7. The van der Waals surface area contributed by atoms with Gasteiger partial charge >= 0.3 is 5.97 Å². The minimum Gasteiger partial charge on any atom is -0.340 e. The first-order chi connectivity index (χ1) is 7.16. The number of hydrogen-bond donors (Lipinski definition) is 3. The molecule has 0 fully saturated rings. The lowest BCUT2D eigenvalue weighted by atomic mass is 9.97. The van der Waals surface area contributed by atoms with Gasteiger partial charge < -0.3 is 15.3 Å². The molecule has 1 aromatic rings. The van der Waals surface area contributed by atoms with Crippen molar-refractivity contribution in [3.05, 3.63) is 38.4 Å². The highest BCUT2D eigenvalue weighted by Crippen LogP contribution is 2.32. The first kappa shape index (κ1) is 12.6. The van der Waals surface area contributed by atoms with Crippen LogP contribution in [0.3, 0.4) is 0 Å². The Kier molecular flexibility index (Phi) is 3.00. The molecule has 16 heavy (non-hydrogen) atoms. The van der Waals surface area contributed by atoms with Crippen LogP contribution in [0.25, 0.3) is 0 Å². The van der Waals surface area contributed by atoms with Gasteiger partial charge in [-0.1, -0.05) is 0 Å². The highest BCUT2D eigenvalue weighted by molar-refractivity contribution is 5.54. The van der Waals surface area contributed by atoms with E-state index in [1.165, 1.54) is 13.0 Å². The summed E-state index contributed by atoms with van der Waals surface area (Å²) < 4.78 is 0. The van der Waals surface area contributed by atoms with Crippen molar-refractivity contribution in [1.29, 1.82) is 0 Å². The minimum absolute atomic E-state index is 0.0422. The molecule has 0 atom stereocenters. The molecule has 3 N–H and O–H groups in total. The number of aryl methyl sites for hydroxylation is 1. The standard InChI is InChI=1S/C10H13NO5/c1-5-4-8(10(12,13)14)7(3)9(6(5)2)11(15)16/h4,12-14H,1-3H3. The molecule has 0 aliphatic heterocycles. The van der Waals surface area contributed by atoms with Gasteiger partial charge in [0.2, 0.25) is 0 Å². The predicted molar refractivity (Wildman–Crippen MR) is 55.6 cm³/mol. The molecular formula is C10H13NO5. The van der Waals surface area contributed by atoms with Gasteiger partial charge in [-0.05, 0) is 32.4 Å². The van der Waals surface area contributed by atoms with E-state index in [2.05, 4.69) is 0 Å². The largest absolute Gasteiger partial charge is 0.340 e. The van der Waals surface area contributed by atoms with Crippen LogP contribution in [0.5, 0.6) is 0 Å². The number of nitro benzene ring substituents is 1. The van der Waals surface area contributed by atoms with E-state index < -0.39 is 10.9 Å². The molecule has 1 rings (SSSR count). The van der Waals surface area contributed by atoms with E-state index in [9.17, 15) is 10.1 Å². The Morgan fingerprint density at radius 2 is 1.69 bits per heavy atom. The van der Waals surface area contributed by atoms with Crippen LogP contribution in [0.2, 0.25) is 0 Å². The van der Waals surface area contributed by atoms with E-state index in [1.807, 2.05) is 0 Å². The fourth-order valence-electron chi connectivity index (χ4n) is 1.65. The molecule has 0 radical (unpaired) electrons. The van der Waals surface area contributed by atoms with Crippen LogP contribution in [0.4, 0.5) is 5.69 Å². The molecule has 6 nitrogen and oxygen atoms in total. The number of rotatable bonds is 2. The van der Waals surface area contributed by atoms with Gasteiger partial charge in [-0.3, -0.25) is 10.1 Å². The lowest BCUT2D eigenvalue weighted by Crippen LogP contribution is -2.25. The van der Waals surface area contributed by atoms with Crippen LogP contribution >= 0.6 is 0 Å². The molecule has 0 aromatic heterocycles. The number of benzene rings is 1. The Balaban J connectivity index is 3.64. The van der Waals surface area contributed by atoms with Gasteiger partial charge in [-0.2, -0.15) is 0 Å². The van der Waals surface area contributed by atoms with E-state index in [0.29, 0.717) is 11.1 Å². The van der Waals surface area contributed by atoms with Crippen molar-refractivity contribution in [1.82, 2.24) is 0 Å². The summed E-state index contributed by atoms with van der Waals surface area (Å²) in [5.41, 5.74) is 0.503. The third-order valence-electron chi connectivity index (χ3n) is 2.61. The Morgan fingerprint density at radius 3 is 2.06 bits per heavy atom. The number of nitro groups is 1. The Labute approximate surface area is 91.9 Å². The normalized spacial score (nSPS) is 11.6. The number of aliphatic hydroxyl groups is 3. The molecule has 6 heteroatoms. The zero-order valence-corrected chi connectivity index (χ0v) is 9.18. The average molecular weight is 227 g/mol. The molecule has 1 aromatic carbocycles. The summed E-state index contributed by atoms with van der Waals surface area (Å²) >= 11 is 0. The second kappa shape index (κ2) is 3.82. The molecule has 0 aliphatic rings. The van der Waals surface area contributed by atoms with Crippen LogP contribution in [-0.2, 0) is 5.97 Å². The van der Waals surface area contributed by atoms with Gasteiger partial charge in [0.25, 0.3) is 5.69 Å². The highest BCUT2D eigenvalue weighted by atomic mass is 16.7. The van der Waals surface area contributed by atoms with Crippen molar-refractivity contribution in [3.8, 4) is 0 Å². The fraction of sp³-hybridized carbons (Fsp3) is 0.400. The van der Waals surface area contributed by atoms with E-state index >= 15 is 0 Å². The molecule has 0 bridgehead atoms. The Bertz CT molecular complexity index is 448. The molecule has 0 saturated carbocycles. The maximum atomic E-state index is 10.8. The fourth-order valence-corrected chi connectivity index (χ4v) is 1.65. The molecule has 0 unspecified atom stereocenters. The van der Waals surface area contributed by atoms with Gasteiger partial charge in [0.1, 0.15) is 0 Å². The van der Waals surface area contributed by atoms with Gasteiger partial charge in [-0.15, -0.1) is 0 Å². The van der Waals surface area contributed by atoms with Crippen LogP contribution in [0, 0.1) is 30.9 Å². The van der Waals surface area contributed by atoms with Crippen molar-refractivity contribution in [3.63, 3.8) is 0 Å². The topological polar surface area (TPSA) is 104 Å². The van der Waals surface area contributed by atoms with Crippen LogP contribution in [-0.4, -0.2) is 20.2 Å². The molecule has 0 spiro atoms. The quantitative estimate of drug-likeness (QED) is 0.390. The van der Waals surface area contributed by atoms with Gasteiger partial charge in [0.05, 0.1) is 10.5 Å². The predicted octanol–water partition coefficient (Wildman–Crippen LogP) is 0.607. The molecule has 0 aliphatic carbocycles. The lowest BCUT2D eigenvalue weighted by molar-refractivity contribution is -0.386. The van der Waals surface area contributed by atoms with Gasteiger partial charge in [-0.25, -0.2) is 0 Å². The molecule has 0 heterocycles. The lowest BCUT2D eigenvalue weighted by Gasteiger charge is -2.18. The van der Waals surface area contributed by atoms with E-state index in [1.54, 1.807) is 13.8 Å². The Hall–Kier alpha value is -1.50. The summed E-state index contributed by atoms with van der Waals surface area (Å²) in [6.07, 6.45) is 0. The second-order valence-corrected chi connectivity index (χ2v) is 3.73. The number of nitrogens with zero attached hydrogens (tertiary/aromatic N) is 1. The van der Waals surface area contributed by atoms with Crippen LogP contribution < -0.4 is 0 Å². The Morgan fingerprint density at radius 1 is 1.19 bits per heavy atom. The van der Waals surface area contributed by atoms with Crippen LogP contribution in [0.1, 0.15) is 22.3 Å². The SMILES string of the molecule is Cc1cc(C(O)(O)O)c(C)c([N+](=O)[O-])c1C. The molecule has 0 amide bonds. The van der Waals surface area contributed by atoms with Gasteiger partial charge in [0, 0.05) is 11.1 Å². The van der Waals surface area contributed by atoms with Crippen molar-refractivity contribution in [2.24, 2.45) is 0 Å². The summed E-state index contributed by atoms with van der Waals surface area (Å²) in [6, 6.07) is 1.32. The third kappa shape index (κ3) is 2.04. The average Bonchev–Trinajstić information content (AvgIpc) is 2.09. The summed E-state index contributed by atoms with van der Waals surface area (Å²) in [5.74, 6) is -3.06. The summed E-state index contributed by atoms with van der Waals surface area (Å²) in [4.78, 5) is 10.2. The van der Waals surface area contributed by atoms with E-state index in [4.69, 9.17) is 15.3 Å². The molecular weight excluding hydrogens is 214 g/mol. The van der Waals surface area contributed by atoms with Crippen LogP contribution in [0.15, 0.2) is 6.07 Å². The summed E-state index contributed by atoms with van der Waals surface area (Å²) in [6.45, 7) is 4.52. The monoisotopic (exact) mass is 227 g/mol. The van der Waals surface area contributed by atoms with Crippen molar-refractivity contribution in [2.45, 2.75) is 26.7 Å². The smallest absolute Gasteiger partial charge is 0.304 e. The minimum atomic E-state index is -3.06. The van der Waals surface area contributed by atoms with Crippen molar-refractivity contribution in [2.75, 3.05) is 0 Å². The molecule has 88 valence electrons. The van der Waals surface area contributed by atoms with E-state index in [0.717, 1.165) is 0 Å².